The van der Waals surface area contributed by atoms with E-state index in [2.05, 4.69) is 24.5 Å². The van der Waals surface area contributed by atoms with Gasteiger partial charge in [0.15, 0.2) is 0 Å². The molecule has 5 heteroatoms. The van der Waals surface area contributed by atoms with E-state index in [0.717, 1.165) is 24.2 Å². The number of hydrogen-bond donors (Lipinski definition) is 0. The van der Waals surface area contributed by atoms with Crippen LogP contribution in [0, 0.1) is 12.3 Å². The number of nitrogens with zero attached hydrogens (tertiary/aromatic N) is 1. The molecule has 0 saturated carbocycles. The Balaban J connectivity index is 2.36. The molecular formula is C15H23NO2S2. The molecule has 1 heterocycles. The van der Waals surface area contributed by atoms with Crippen molar-refractivity contribution in [3.8, 4) is 0 Å². The zero-order chi connectivity index (χ0) is 15.0. The summed E-state index contributed by atoms with van der Waals surface area (Å²) in [7, 11) is -3.89. The predicted molar refractivity (Wildman–Crippen MR) is 85.5 cm³/mol. The largest absolute Gasteiger partial charge is 0.287 e. The maximum Gasteiger partial charge on any atom is 0.287 e. The summed E-state index contributed by atoms with van der Waals surface area (Å²) in [4.78, 5) is 0.315. The third-order valence-electron chi connectivity index (χ3n) is 3.63. The Morgan fingerprint density at radius 3 is 2.35 bits per heavy atom. The van der Waals surface area contributed by atoms with Crippen LogP contribution in [0.25, 0.3) is 0 Å². The van der Waals surface area contributed by atoms with Gasteiger partial charge in [0.1, 0.15) is 0 Å². The van der Waals surface area contributed by atoms with Gasteiger partial charge in [0, 0.05) is 11.0 Å². The summed E-state index contributed by atoms with van der Waals surface area (Å²) < 4.78 is 29.1. The molecule has 1 saturated heterocycles. The number of aryl methyl sites for hydroxylation is 1. The zero-order valence-corrected chi connectivity index (χ0v) is 14.2. The highest BCUT2D eigenvalue weighted by atomic mass is 32.3. The van der Waals surface area contributed by atoms with Crippen LogP contribution >= 0.6 is 0 Å². The lowest BCUT2D eigenvalue weighted by molar-refractivity contribution is 0.385. The highest BCUT2D eigenvalue weighted by Gasteiger charge is 2.33. The Hall–Kier alpha value is -0.680. The van der Waals surface area contributed by atoms with Gasteiger partial charge in [0.2, 0.25) is 0 Å². The van der Waals surface area contributed by atoms with Crippen LogP contribution in [-0.4, -0.2) is 19.4 Å². The monoisotopic (exact) mass is 313 g/mol. The second-order valence-corrected chi connectivity index (χ2v) is 10.3. The van der Waals surface area contributed by atoms with E-state index in [-0.39, 0.29) is 16.1 Å². The number of benzene rings is 1. The van der Waals surface area contributed by atoms with Gasteiger partial charge in [0.05, 0.1) is 4.90 Å². The van der Waals surface area contributed by atoms with E-state index in [9.17, 15) is 8.42 Å². The fraction of sp³-hybridized carbons (Fsp3) is 0.600. The van der Waals surface area contributed by atoms with Crippen LogP contribution in [0.2, 0.25) is 0 Å². The van der Waals surface area contributed by atoms with Gasteiger partial charge in [0.25, 0.3) is 10.0 Å². The van der Waals surface area contributed by atoms with E-state index in [1.807, 2.05) is 19.1 Å². The summed E-state index contributed by atoms with van der Waals surface area (Å²) in [5.74, 6) is 0.910. The molecule has 0 spiro atoms. The van der Waals surface area contributed by atoms with Gasteiger partial charge in [-0.1, -0.05) is 49.2 Å². The van der Waals surface area contributed by atoms with Crippen LogP contribution in [0.5, 0.6) is 0 Å². The fourth-order valence-corrected chi connectivity index (χ4v) is 7.05. The SMILES string of the molecule is Cc1ccc(S(=O)(=O)N=S2CCC[C@H]2C(C)(C)C)cc1. The first-order valence-electron chi connectivity index (χ1n) is 6.95. The van der Waals surface area contributed by atoms with Gasteiger partial charge < -0.3 is 0 Å². The topological polar surface area (TPSA) is 46.5 Å². The number of sulfonamides is 1. The molecule has 20 heavy (non-hydrogen) atoms. The molecule has 1 aliphatic rings. The molecular weight excluding hydrogens is 290 g/mol. The van der Waals surface area contributed by atoms with Crippen LogP contribution in [0.1, 0.15) is 39.2 Å². The molecule has 0 radical (unpaired) electrons. The van der Waals surface area contributed by atoms with Crippen LogP contribution in [-0.2, 0) is 20.7 Å². The van der Waals surface area contributed by atoms with Crippen molar-refractivity contribution in [2.45, 2.75) is 50.7 Å². The van der Waals surface area contributed by atoms with Crippen molar-refractivity contribution >= 4 is 20.7 Å². The summed E-state index contributed by atoms with van der Waals surface area (Å²) in [5.41, 5.74) is 1.17. The van der Waals surface area contributed by atoms with Crippen molar-refractivity contribution in [1.29, 1.82) is 0 Å². The van der Waals surface area contributed by atoms with E-state index in [1.165, 1.54) is 0 Å². The first-order chi connectivity index (χ1) is 9.20. The first-order valence-corrected chi connectivity index (χ1v) is 9.80. The third-order valence-corrected chi connectivity index (χ3v) is 8.35. The van der Waals surface area contributed by atoms with Gasteiger partial charge in [-0.05, 0) is 37.3 Å². The minimum absolute atomic E-state index is 0.117. The van der Waals surface area contributed by atoms with Gasteiger partial charge in [-0.3, -0.25) is 0 Å². The van der Waals surface area contributed by atoms with Crippen molar-refractivity contribution in [3.05, 3.63) is 29.8 Å². The summed E-state index contributed by atoms with van der Waals surface area (Å²) in [6, 6.07) is 6.95. The van der Waals surface area contributed by atoms with Crippen LogP contribution in [0.3, 0.4) is 0 Å². The zero-order valence-electron chi connectivity index (χ0n) is 12.6. The van der Waals surface area contributed by atoms with Crippen molar-refractivity contribution in [1.82, 2.24) is 0 Å². The number of rotatable bonds is 2. The molecule has 1 fully saturated rings. The lowest BCUT2D eigenvalue weighted by Crippen LogP contribution is -2.27. The molecule has 0 amide bonds. The standard InChI is InChI=1S/C15H23NO2S2/c1-12-7-9-13(10-8-12)20(17,18)16-19-11-5-6-14(19)15(2,3)4/h7-10,14H,5-6,11H2,1-4H3/t14-,19?/m0/s1. The average Bonchev–Trinajstić information content (AvgIpc) is 2.76. The Bertz CT molecular complexity index is 610. The number of hydrogen-bond acceptors (Lipinski definition) is 2. The molecule has 112 valence electrons. The predicted octanol–water partition coefficient (Wildman–Crippen LogP) is 3.69. The summed E-state index contributed by atoms with van der Waals surface area (Å²) in [6.07, 6.45) is 2.16. The van der Waals surface area contributed by atoms with Gasteiger partial charge in [-0.2, -0.15) is 8.42 Å². The second kappa shape index (κ2) is 5.60. The Labute approximate surface area is 124 Å². The van der Waals surface area contributed by atoms with Crippen molar-refractivity contribution < 1.29 is 8.42 Å². The molecule has 0 bridgehead atoms. The Morgan fingerprint density at radius 1 is 1.20 bits per heavy atom. The molecule has 1 unspecified atom stereocenters. The molecule has 3 nitrogen and oxygen atoms in total. The van der Waals surface area contributed by atoms with Crippen LogP contribution in [0.4, 0.5) is 0 Å². The van der Waals surface area contributed by atoms with Gasteiger partial charge in [-0.15, -0.1) is 3.77 Å². The maximum atomic E-state index is 12.4. The molecule has 1 aromatic rings. The summed E-state index contributed by atoms with van der Waals surface area (Å²) in [6.45, 7) is 8.48. The molecule has 2 rings (SSSR count). The molecule has 1 aliphatic heterocycles. The lowest BCUT2D eigenvalue weighted by Gasteiger charge is -2.27. The smallest absolute Gasteiger partial charge is 0.199 e. The fourth-order valence-electron chi connectivity index (χ4n) is 2.50. The Morgan fingerprint density at radius 2 is 1.80 bits per heavy atom. The molecule has 0 aromatic heterocycles. The summed E-state index contributed by atoms with van der Waals surface area (Å²) in [5, 5.41) is 0.378. The van der Waals surface area contributed by atoms with E-state index >= 15 is 0 Å². The van der Waals surface area contributed by atoms with Crippen molar-refractivity contribution in [3.63, 3.8) is 0 Å². The van der Waals surface area contributed by atoms with E-state index < -0.39 is 10.0 Å². The van der Waals surface area contributed by atoms with E-state index in [4.69, 9.17) is 0 Å². The highest BCUT2D eigenvalue weighted by molar-refractivity contribution is 8.00. The van der Waals surface area contributed by atoms with Crippen molar-refractivity contribution in [2.75, 3.05) is 5.75 Å². The molecule has 0 N–H and O–H groups in total. The third kappa shape index (κ3) is 3.50. The Kier molecular flexibility index (Phi) is 4.40. The van der Waals surface area contributed by atoms with E-state index in [1.54, 1.807) is 12.1 Å². The van der Waals surface area contributed by atoms with Gasteiger partial charge in [-0.25, -0.2) is 0 Å². The van der Waals surface area contributed by atoms with Crippen LogP contribution < -0.4 is 0 Å². The summed E-state index contributed by atoms with van der Waals surface area (Å²) >= 11 is 0. The lowest BCUT2D eigenvalue weighted by atomic mass is 9.89. The minimum Gasteiger partial charge on any atom is -0.199 e. The molecule has 2 atom stereocenters. The maximum absolute atomic E-state index is 12.4. The molecule has 0 aliphatic carbocycles. The second-order valence-electron chi connectivity index (χ2n) is 6.46. The minimum atomic E-state index is -3.52. The van der Waals surface area contributed by atoms with Crippen molar-refractivity contribution in [2.24, 2.45) is 9.18 Å². The van der Waals surface area contributed by atoms with E-state index in [0.29, 0.717) is 10.1 Å². The van der Waals surface area contributed by atoms with Crippen LogP contribution in [0.15, 0.2) is 32.9 Å². The quantitative estimate of drug-likeness (QED) is 0.836. The van der Waals surface area contributed by atoms with Gasteiger partial charge >= 0.3 is 0 Å². The molecule has 1 aromatic carbocycles. The average molecular weight is 313 g/mol. The normalized spacial score (nSPS) is 24.2. The highest BCUT2D eigenvalue weighted by Crippen LogP contribution is 2.34. The first kappa shape index (κ1) is 15.7.